The number of carboxylic acids is 1. The van der Waals surface area contributed by atoms with E-state index in [1.54, 1.807) is 0 Å². The van der Waals surface area contributed by atoms with Gasteiger partial charge in [0.25, 0.3) is 0 Å². The summed E-state index contributed by atoms with van der Waals surface area (Å²) in [4.78, 5) is 29.1. The Kier molecular flexibility index (Phi) is 5.43. The van der Waals surface area contributed by atoms with E-state index in [0.29, 0.717) is 10.7 Å². The van der Waals surface area contributed by atoms with Crippen molar-refractivity contribution < 1.29 is 19.1 Å². The van der Waals surface area contributed by atoms with Crippen molar-refractivity contribution in [2.24, 2.45) is 0 Å². The molecule has 2 aromatic rings. The zero-order chi connectivity index (χ0) is 17.8. The van der Waals surface area contributed by atoms with Gasteiger partial charge in [-0.25, -0.2) is 9.37 Å². The molecule has 0 radical (unpaired) electrons. The molecule has 1 atom stereocenters. The second kappa shape index (κ2) is 7.74. The second-order valence-electron chi connectivity index (χ2n) is 6.19. The number of carbonyl (C=O) groups is 2. The number of thiazole rings is 1. The average molecular weight is 362 g/mol. The molecule has 2 N–H and O–H groups in total. The molecule has 0 fully saturated rings. The minimum Gasteiger partial charge on any atom is -0.481 e. The zero-order valence-electron chi connectivity index (χ0n) is 13.6. The number of aromatic nitrogens is 1. The maximum atomic E-state index is 13.1. The van der Waals surface area contributed by atoms with Crippen molar-refractivity contribution in [1.82, 2.24) is 4.98 Å². The maximum Gasteiger partial charge on any atom is 0.303 e. The van der Waals surface area contributed by atoms with Crippen molar-refractivity contribution in [2.45, 2.75) is 44.4 Å². The van der Waals surface area contributed by atoms with Gasteiger partial charge in [0.05, 0.1) is 12.1 Å². The fraction of sp³-hybridized carbons (Fsp3) is 0.389. The molecular formula is C18H19FN2O3S. The highest BCUT2D eigenvalue weighted by Gasteiger charge is 2.21. The van der Waals surface area contributed by atoms with Gasteiger partial charge in [0.1, 0.15) is 5.82 Å². The topological polar surface area (TPSA) is 79.3 Å². The fourth-order valence-corrected chi connectivity index (χ4v) is 4.12. The van der Waals surface area contributed by atoms with E-state index >= 15 is 0 Å². The van der Waals surface area contributed by atoms with Crippen molar-refractivity contribution in [1.29, 1.82) is 0 Å². The summed E-state index contributed by atoms with van der Waals surface area (Å²) in [6.07, 6.45) is 4.04. The van der Waals surface area contributed by atoms with Crippen LogP contribution in [0.1, 0.15) is 47.7 Å². The molecule has 3 rings (SSSR count). The second-order valence-corrected chi connectivity index (χ2v) is 7.28. The molecule has 1 aromatic carbocycles. The number of nitrogens with one attached hydrogen (secondary N) is 1. The number of benzene rings is 1. The van der Waals surface area contributed by atoms with Gasteiger partial charge in [0.15, 0.2) is 5.13 Å². The van der Waals surface area contributed by atoms with Gasteiger partial charge < -0.3 is 10.4 Å². The quantitative estimate of drug-likeness (QED) is 0.820. The molecule has 0 saturated heterocycles. The van der Waals surface area contributed by atoms with Crippen LogP contribution in [-0.4, -0.2) is 22.0 Å². The maximum absolute atomic E-state index is 13.1. The van der Waals surface area contributed by atoms with Gasteiger partial charge in [-0.15, -0.1) is 11.3 Å². The summed E-state index contributed by atoms with van der Waals surface area (Å²) in [5.41, 5.74) is 1.70. The van der Waals surface area contributed by atoms with E-state index in [1.807, 2.05) is 0 Å². The van der Waals surface area contributed by atoms with Gasteiger partial charge in [-0.3, -0.25) is 9.59 Å². The number of nitrogens with zero attached hydrogens (tertiary/aromatic N) is 1. The first-order chi connectivity index (χ1) is 12.0. The van der Waals surface area contributed by atoms with Crippen molar-refractivity contribution in [3.05, 3.63) is 46.2 Å². The first-order valence-electron chi connectivity index (χ1n) is 8.27. The highest BCUT2D eigenvalue weighted by Crippen LogP contribution is 2.30. The van der Waals surface area contributed by atoms with Crippen LogP contribution in [0.3, 0.4) is 0 Å². The van der Waals surface area contributed by atoms with Gasteiger partial charge in [0.2, 0.25) is 5.91 Å². The molecule has 0 saturated carbocycles. The Bertz CT molecular complexity index is 750. The van der Waals surface area contributed by atoms with Gasteiger partial charge in [0, 0.05) is 17.2 Å². The SMILES string of the molecule is O=C(O)CC(CC(=O)Nc1nc2c(s1)CCCC2)c1ccc(F)cc1. The summed E-state index contributed by atoms with van der Waals surface area (Å²) in [5, 5.41) is 12.5. The number of rotatable bonds is 6. The molecule has 132 valence electrons. The Balaban J connectivity index is 1.68. The first kappa shape index (κ1) is 17.5. The van der Waals surface area contributed by atoms with Crippen LogP contribution in [0.15, 0.2) is 24.3 Å². The zero-order valence-corrected chi connectivity index (χ0v) is 14.4. The van der Waals surface area contributed by atoms with Crippen LogP contribution in [0.4, 0.5) is 9.52 Å². The standard InChI is InChI=1S/C18H19FN2O3S/c19-13-7-5-11(6-8-13)12(10-17(23)24)9-16(22)21-18-20-14-3-1-2-4-15(14)25-18/h5-8,12H,1-4,9-10H2,(H,23,24)(H,20,21,22). The number of aryl methyl sites for hydroxylation is 2. The third-order valence-electron chi connectivity index (χ3n) is 4.29. The summed E-state index contributed by atoms with van der Waals surface area (Å²) in [6, 6.07) is 5.60. The Labute approximate surface area is 148 Å². The molecule has 5 nitrogen and oxygen atoms in total. The molecule has 1 amide bonds. The molecule has 1 aliphatic rings. The van der Waals surface area contributed by atoms with Gasteiger partial charge in [-0.1, -0.05) is 12.1 Å². The normalized spacial score (nSPS) is 14.6. The smallest absolute Gasteiger partial charge is 0.303 e. The average Bonchev–Trinajstić information content (AvgIpc) is 2.96. The highest BCUT2D eigenvalue weighted by molar-refractivity contribution is 7.15. The predicted octanol–water partition coefficient (Wildman–Crippen LogP) is 3.75. The number of hydrogen-bond acceptors (Lipinski definition) is 4. The van der Waals surface area contributed by atoms with Crippen LogP contribution >= 0.6 is 11.3 Å². The van der Waals surface area contributed by atoms with Crippen LogP contribution in [0.5, 0.6) is 0 Å². The molecule has 1 unspecified atom stereocenters. The van der Waals surface area contributed by atoms with Gasteiger partial charge in [-0.2, -0.15) is 0 Å². The largest absolute Gasteiger partial charge is 0.481 e. The summed E-state index contributed by atoms with van der Waals surface area (Å²) >= 11 is 1.49. The minimum atomic E-state index is -0.994. The van der Waals surface area contributed by atoms with Crippen molar-refractivity contribution in [3.8, 4) is 0 Å². The minimum absolute atomic E-state index is 0.0161. The van der Waals surface area contributed by atoms with E-state index in [-0.39, 0.29) is 18.7 Å². The molecule has 0 spiro atoms. The van der Waals surface area contributed by atoms with Gasteiger partial charge >= 0.3 is 5.97 Å². The van der Waals surface area contributed by atoms with E-state index in [0.717, 1.165) is 31.4 Å². The Morgan fingerprint density at radius 1 is 1.20 bits per heavy atom. The number of anilines is 1. The van der Waals surface area contributed by atoms with Crippen molar-refractivity contribution in [2.75, 3.05) is 5.32 Å². The lowest BCUT2D eigenvalue weighted by Crippen LogP contribution is -2.17. The monoisotopic (exact) mass is 362 g/mol. The van der Waals surface area contributed by atoms with Crippen molar-refractivity contribution in [3.63, 3.8) is 0 Å². The Morgan fingerprint density at radius 3 is 2.60 bits per heavy atom. The summed E-state index contributed by atoms with van der Waals surface area (Å²) in [7, 11) is 0. The van der Waals surface area contributed by atoms with E-state index in [1.165, 1.54) is 40.5 Å². The number of carboxylic acid groups (broad SMARTS) is 1. The predicted molar refractivity (Wildman–Crippen MR) is 93.4 cm³/mol. The first-order valence-corrected chi connectivity index (χ1v) is 9.08. The fourth-order valence-electron chi connectivity index (χ4n) is 3.05. The molecular weight excluding hydrogens is 343 g/mol. The molecule has 1 heterocycles. The number of carbonyl (C=O) groups excluding carboxylic acids is 1. The Hall–Kier alpha value is -2.28. The molecule has 0 bridgehead atoms. The summed E-state index contributed by atoms with van der Waals surface area (Å²) in [5.74, 6) is -2.17. The molecule has 25 heavy (non-hydrogen) atoms. The molecule has 7 heteroatoms. The van der Waals surface area contributed by atoms with Crippen LogP contribution < -0.4 is 5.32 Å². The lowest BCUT2D eigenvalue weighted by atomic mass is 9.92. The number of amides is 1. The van der Waals surface area contributed by atoms with E-state index in [9.17, 15) is 14.0 Å². The summed E-state index contributed by atoms with van der Waals surface area (Å²) in [6.45, 7) is 0. The lowest BCUT2D eigenvalue weighted by molar-refractivity contribution is -0.137. The molecule has 0 aliphatic heterocycles. The van der Waals surface area contributed by atoms with E-state index < -0.39 is 17.7 Å². The number of fused-ring (bicyclic) bond motifs is 1. The van der Waals surface area contributed by atoms with Crippen LogP contribution in [0.25, 0.3) is 0 Å². The third-order valence-corrected chi connectivity index (χ3v) is 5.36. The molecule has 1 aromatic heterocycles. The number of aliphatic carboxylic acids is 1. The molecule has 1 aliphatic carbocycles. The number of hydrogen-bond donors (Lipinski definition) is 2. The Morgan fingerprint density at radius 2 is 1.92 bits per heavy atom. The lowest BCUT2D eigenvalue weighted by Gasteiger charge is -2.14. The van der Waals surface area contributed by atoms with E-state index in [4.69, 9.17) is 5.11 Å². The van der Waals surface area contributed by atoms with Crippen LogP contribution in [0.2, 0.25) is 0 Å². The van der Waals surface area contributed by atoms with E-state index in [2.05, 4.69) is 10.3 Å². The summed E-state index contributed by atoms with van der Waals surface area (Å²) < 4.78 is 13.1. The number of halogens is 1. The van der Waals surface area contributed by atoms with Crippen LogP contribution in [-0.2, 0) is 22.4 Å². The van der Waals surface area contributed by atoms with Crippen LogP contribution in [0, 0.1) is 5.82 Å². The highest BCUT2D eigenvalue weighted by atomic mass is 32.1. The van der Waals surface area contributed by atoms with Gasteiger partial charge in [-0.05, 0) is 43.4 Å². The third kappa shape index (κ3) is 4.63. The van der Waals surface area contributed by atoms with Crippen molar-refractivity contribution >= 4 is 28.3 Å².